The Morgan fingerprint density at radius 3 is 2.45 bits per heavy atom. The summed E-state index contributed by atoms with van der Waals surface area (Å²) in [6.07, 6.45) is 0.586. The fourth-order valence-corrected chi connectivity index (χ4v) is 2.48. The summed E-state index contributed by atoms with van der Waals surface area (Å²) in [5, 5.41) is 1.68. The summed E-state index contributed by atoms with van der Waals surface area (Å²) in [4.78, 5) is 11.6. The molecule has 20 heavy (non-hydrogen) atoms. The molecule has 1 aromatic carbocycles. The molecule has 2 aromatic heterocycles. The van der Waals surface area contributed by atoms with Crippen molar-refractivity contribution < 1.29 is 0 Å². The smallest absolute Gasteiger partial charge is 0.179 e. The van der Waals surface area contributed by atoms with Crippen LogP contribution in [0.5, 0.6) is 0 Å². The normalized spacial score (nSPS) is 11.2. The minimum Gasteiger partial charge on any atom is -0.340 e. The van der Waals surface area contributed by atoms with E-state index in [1.165, 1.54) is 0 Å². The minimum atomic E-state index is 0.242. The van der Waals surface area contributed by atoms with Crippen LogP contribution in [0.3, 0.4) is 0 Å². The Bertz CT molecular complexity index is 759. The molecule has 0 amide bonds. The van der Waals surface area contributed by atoms with Gasteiger partial charge in [0.2, 0.25) is 0 Å². The lowest BCUT2D eigenvalue weighted by Gasteiger charge is -2.00. The quantitative estimate of drug-likeness (QED) is 0.651. The van der Waals surface area contributed by atoms with Crippen molar-refractivity contribution in [2.45, 2.75) is 6.42 Å². The van der Waals surface area contributed by atoms with E-state index in [4.69, 9.17) is 46.4 Å². The zero-order valence-electron chi connectivity index (χ0n) is 9.92. The third-order valence-corrected chi connectivity index (χ3v) is 4.20. The molecule has 0 radical (unpaired) electrons. The van der Waals surface area contributed by atoms with Crippen molar-refractivity contribution in [2.75, 3.05) is 0 Å². The second-order valence-corrected chi connectivity index (χ2v) is 5.82. The molecule has 7 heteroatoms. The van der Waals surface area contributed by atoms with Crippen LogP contribution < -0.4 is 0 Å². The van der Waals surface area contributed by atoms with E-state index < -0.39 is 0 Å². The summed E-state index contributed by atoms with van der Waals surface area (Å²) < 4.78 is 0. The number of aromatic amines is 1. The van der Waals surface area contributed by atoms with Crippen molar-refractivity contribution in [2.24, 2.45) is 0 Å². The first kappa shape index (κ1) is 14.0. The van der Waals surface area contributed by atoms with E-state index in [9.17, 15) is 0 Å². The Hall–Kier alpha value is -1.00. The van der Waals surface area contributed by atoms with Gasteiger partial charge in [0.15, 0.2) is 5.65 Å². The van der Waals surface area contributed by atoms with Gasteiger partial charge in [-0.1, -0.05) is 52.5 Å². The molecular weight excluding hydrogens is 340 g/mol. The summed E-state index contributed by atoms with van der Waals surface area (Å²) >= 11 is 23.7. The molecule has 3 nitrogen and oxygen atoms in total. The maximum absolute atomic E-state index is 5.99. The van der Waals surface area contributed by atoms with Crippen LogP contribution in [0, 0.1) is 0 Å². The molecule has 102 valence electrons. The fourth-order valence-electron chi connectivity index (χ4n) is 1.87. The molecule has 2 heterocycles. The molecule has 0 aliphatic rings. The third-order valence-electron chi connectivity index (χ3n) is 2.79. The number of fused-ring (bicyclic) bond motifs is 1. The van der Waals surface area contributed by atoms with Gasteiger partial charge in [-0.15, -0.1) is 0 Å². The Morgan fingerprint density at radius 1 is 0.900 bits per heavy atom. The molecule has 0 aliphatic carbocycles. The number of hydrogen-bond donors (Lipinski definition) is 1. The van der Waals surface area contributed by atoms with Gasteiger partial charge in [-0.25, -0.2) is 9.97 Å². The summed E-state index contributed by atoms with van der Waals surface area (Å²) in [6.45, 7) is 0. The lowest BCUT2D eigenvalue weighted by Crippen LogP contribution is -1.90. The fraction of sp³-hybridized carbons (Fsp3) is 0.0769. The second-order valence-electron chi connectivity index (χ2n) is 4.24. The topological polar surface area (TPSA) is 41.6 Å². The molecule has 0 bridgehead atoms. The van der Waals surface area contributed by atoms with Crippen LogP contribution in [0.4, 0.5) is 0 Å². The highest BCUT2D eigenvalue weighted by molar-refractivity contribution is 6.42. The molecule has 0 fully saturated rings. The van der Waals surface area contributed by atoms with Crippen LogP contribution in [0.15, 0.2) is 24.3 Å². The van der Waals surface area contributed by atoms with E-state index in [2.05, 4.69) is 15.0 Å². The summed E-state index contributed by atoms with van der Waals surface area (Å²) in [5.41, 5.74) is 2.28. The van der Waals surface area contributed by atoms with Gasteiger partial charge in [0.1, 0.15) is 11.0 Å². The van der Waals surface area contributed by atoms with Gasteiger partial charge in [-0.3, -0.25) is 0 Å². The van der Waals surface area contributed by atoms with E-state index in [-0.39, 0.29) is 5.15 Å². The summed E-state index contributed by atoms with van der Waals surface area (Å²) in [5.74, 6) is 0.754. The Morgan fingerprint density at radius 2 is 1.70 bits per heavy atom. The van der Waals surface area contributed by atoms with Crippen LogP contribution in [0.25, 0.3) is 11.2 Å². The number of halogens is 4. The van der Waals surface area contributed by atoms with Gasteiger partial charge in [0.05, 0.1) is 20.6 Å². The first-order chi connectivity index (χ1) is 9.52. The average Bonchev–Trinajstić information content (AvgIpc) is 2.76. The zero-order chi connectivity index (χ0) is 14.3. The lowest BCUT2D eigenvalue weighted by atomic mass is 10.1. The van der Waals surface area contributed by atoms with Crippen LogP contribution in [-0.4, -0.2) is 15.0 Å². The standard InChI is InChI=1S/C13H7Cl4N3/c14-7-2-1-6(3-8(7)15)4-11-18-10-5-9(16)12(17)20-13(10)19-11/h1-3,5H,4H2,(H,18,19,20). The highest BCUT2D eigenvalue weighted by atomic mass is 35.5. The highest BCUT2D eigenvalue weighted by Gasteiger charge is 2.09. The Kier molecular flexibility index (Phi) is 3.78. The van der Waals surface area contributed by atoms with Crippen LogP contribution in [0.1, 0.15) is 11.4 Å². The number of rotatable bonds is 2. The van der Waals surface area contributed by atoms with Gasteiger partial charge < -0.3 is 4.98 Å². The Balaban J connectivity index is 1.96. The maximum atomic E-state index is 5.99. The third kappa shape index (κ3) is 2.72. The van der Waals surface area contributed by atoms with Crippen molar-refractivity contribution >= 4 is 57.6 Å². The first-order valence-corrected chi connectivity index (χ1v) is 7.18. The van der Waals surface area contributed by atoms with E-state index in [1.807, 2.05) is 12.1 Å². The van der Waals surface area contributed by atoms with E-state index in [1.54, 1.807) is 12.1 Å². The molecular formula is C13H7Cl4N3. The molecule has 1 N–H and O–H groups in total. The minimum absolute atomic E-state index is 0.242. The lowest BCUT2D eigenvalue weighted by molar-refractivity contribution is 1.03. The molecule has 0 spiro atoms. The van der Waals surface area contributed by atoms with Gasteiger partial charge in [-0.2, -0.15) is 0 Å². The number of imidazole rings is 1. The maximum Gasteiger partial charge on any atom is 0.179 e. The van der Waals surface area contributed by atoms with Gasteiger partial charge in [0, 0.05) is 6.42 Å². The number of H-pyrrole nitrogens is 1. The molecule has 0 saturated carbocycles. The number of benzene rings is 1. The molecule has 3 rings (SSSR count). The van der Waals surface area contributed by atoms with Crippen molar-refractivity contribution in [1.82, 2.24) is 15.0 Å². The largest absolute Gasteiger partial charge is 0.340 e. The molecule has 0 unspecified atom stereocenters. The number of nitrogens with one attached hydrogen (secondary N) is 1. The summed E-state index contributed by atoms with van der Waals surface area (Å²) in [7, 11) is 0. The van der Waals surface area contributed by atoms with E-state index >= 15 is 0 Å². The first-order valence-electron chi connectivity index (χ1n) is 5.67. The number of pyridine rings is 1. The molecule has 3 aromatic rings. The van der Waals surface area contributed by atoms with Crippen molar-refractivity contribution in [3.8, 4) is 0 Å². The zero-order valence-corrected chi connectivity index (χ0v) is 12.9. The second kappa shape index (κ2) is 5.41. The van der Waals surface area contributed by atoms with Crippen LogP contribution >= 0.6 is 46.4 Å². The predicted molar refractivity (Wildman–Crippen MR) is 83.2 cm³/mol. The van der Waals surface area contributed by atoms with Crippen molar-refractivity contribution in [3.05, 3.63) is 55.9 Å². The van der Waals surface area contributed by atoms with Gasteiger partial charge in [0.25, 0.3) is 0 Å². The SMILES string of the molecule is Clc1ccc(Cc2nc3nc(Cl)c(Cl)cc3[nH]2)cc1Cl. The van der Waals surface area contributed by atoms with Crippen LogP contribution in [0.2, 0.25) is 20.2 Å². The molecule has 0 saturated heterocycles. The monoisotopic (exact) mass is 345 g/mol. The molecule has 0 atom stereocenters. The highest BCUT2D eigenvalue weighted by Crippen LogP contribution is 2.25. The summed E-state index contributed by atoms with van der Waals surface area (Å²) in [6, 6.07) is 7.17. The molecule has 0 aliphatic heterocycles. The van der Waals surface area contributed by atoms with E-state index in [0.717, 1.165) is 16.9 Å². The number of aromatic nitrogens is 3. The average molecular weight is 347 g/mol. The van der Waals surface area contributed by atoms with Crippen molar-refractivity contribution in [3.63, 3.8) is 0 Å². The van der Waals surface area contributed by atoms with Gasteiger partial charge in [-0.05, 0) is 23.8 Å². The van der Waals surface area contributed by atoms with Crippen LogP contribution in [-0.2, 0) is 6.42 Å². The number of nitrogens with zero attached hydrogens (tertiary/aromatic N) is 2. The Labute approximate surface area is 134 Å². The van der Waals surface area contributed by atoms with Crippen molar-refractivity contribution in [1.29, 1.82) is 0 Å². The predicted octanol–water partition coefficient (Wildman–Crippen LogP) is 5.16. The van der Waals surface area contributed by atoms with E-state index in [0.29, 0.717) is 27.1 Å². The van der Waals surface area contributed by atoms with Gasteiger partial charge >= 0.3 is 0 Å². The number of hydrogen-bond acceptors (Lipinski definition) is 2.